The Balaban J connectivity index is 2.05. The molecule has 0 heterocycles. The molecule has 0 fully saturated rings. The first kappa shape index (κ1) is 13.9. The van der Waals surface area contributed by atoms with Gasteiger partial charge < -0.3 is 5.32 Å². The number of hydrogen-bond acceptors (Lipinski definition) is 1. The van der Waals surface area contributed by atoms with Gasteiger partial charge in [-0.2, -0.15) is 0 Å². The summed E-state index contributed by atoms with van der Waals surface area (Å²) in [6, 6.07) is 14.8. The van der Waals surface area contributed by atoms with Crippen molar-refractivity contribution in [2.75, 3.05) is 7.05 Å². The lowest BCUT2D eigenvalue weighted by Crippen LogP contribution is -2.24. The summed E-state index contributed by atoms with van der Waals surface area (Å²) in [6.07, 6.45) is 2.26. The minimum atomic E-state index is 0.396. The van der Waals surface area contributed by atoms with Crippen molar-refractivity contribution in [2.45, 2.75) is 24.8 Å². The molecule has 0 bridgehead atoms. The summed E-state index contributed by atoms with van der Waals surface area (Å²) >= 11 is 12.2. The molecule has 3 heteroatoms. The monoisotopic (exact) mass is 305 g/mol. The summed E-state index contributed by atoms with van der Waals surface area (Å²) in [5.74, 6) is 0.434. The van der Waals surface area contributed by atoms with Crippen molar-refractivity contribution in [3.63, 3.8) is 0 Å². The van der Waals surface area contributed by atoms with Crippen LogP contribution in [-0.2, 0) is 0 Å². The van der Waals surface area contributed by atoms with Gasteiger partial charge in [-0.1, -0.05) is 41.4 Å². The first-order valence-corrected chi connectivity index (χ1v) is 7.66. The molecule has 0 radical (unpaired) electrons. The first-order valence-electron chi connectivity index (χ1n) is 6.91. The zero-order chi connectivity index (χ0) is 14.1. The Hall–Kier alpha value is -1.02. The van der Waals surface area contributed by atoms with Crippen molar-refractivity contribution in [3.05, 3.63) is 69.2 Å². The predicted molar refractivity (Wildman–Crippen MR) is 85.8 cm³/mol. The van der Waals surface area contributed by atoms with Gasteiger partial charge in [-0.15, -0.1) is 0 Å². The second-order valence-electron chi connectivity index (χ2n) is 5.30. The van der Waals surface area contributed by atoms with E-state index in [4.69, 9.17) is 23.2 Å². The maximum atomic E-state index is 6.17. The van der Waals surface area contributed by atoms with Crippen LogP contribution in [0.3, 0.4) is 0 Å². The van der Waals surface area contributed by atoms with Crippen molar-refractivity contribution >= 4 is 23.2 Å². The molecule has 0 saturated carbocycles. The summed E-state index contributed by atoms with van der Waals surface area (Å²) in [5.41, 5.74) is 4.03. The van der Waals surface area contributed by atoms with Gasteiger partial charge >= 0.3 is 0 Å². The molecule has 0 saturated heterocycles. The molecular weight excluding hydrogens is 289 g/mol. The van der Waals surface area contributed by atoms with Gasteiger partial charge in [0.15, 0.2) is 0 Å². The molecule has 104 valence electrons. The summed E-state index contributed by atoms with van der Waals surface area (Å²) in [7, 11) is 2.01. The van der Waals surface area contributed by atoms with Crippen LogP contribution in [0.2, 0.25) is 10.0 Å². The lowest BCUT2D eigenvalue weighted by molar-refractivity contribution is 0.471. The van der Waals surface area contributed by atoms with E-state index in [9.17, 15) is 0 Å². The Morgan fingerprint density at radius 3 is 2.30 bits per heavy atom. The molecule has 0 aliphatic heterocycles. The summed E-state index contributed by atoms with van der Waals surface area (Å²) in [6.45, 7) is 0. The quantitative estimate of drug-likeness (QED) is 0.806. The lowest BCUT2D eigenvalue weighted by atomic mass is 9.77. The Morgan fingerprint density at radius 2 is 1.60 bits per heavy atom. The molecule has 1 aliphatic carbocycles. The van der Waals surface area contributed by atoms with Gasteiger partial charge in [0.25, 0.3) is 0 Å². The summed E-state index contributed by atoms with van der Waals surface area (Å²) < 4.78 is 0. The van der Waals surface area contributed by atoms with Crippen molar-refractivity contribution < 1.29 is 0 Å². The average Bonchev–Trinajstić information content (AvgIpc) is 2.47. The van der Waals surface area contributed by atoms with Gasteiger partial charge in [0.1, 0.15) is 0 Å². The molecule has 2 atom stereocenters. The van der Waals surface area contributed by atoms with Crippen LogP contribution in [0.1, 0.15) is 41.5 Å². The van der Waals surface area contributed by atoms with Crippen molar-refractivity contribution in [1.29, 1.82) is 0 Å². The highest BCUT2D eigenvalue weighted by atomic mass is 35.5. The molecular formula is C17H17Cl2N. The Bertz CT molecular complexity index is 607. The fourth-order valence-corrected chi connectivity index (χ4v) is 3.46. The highest BCUT2D eigenvalue weighted by Gasteiger charge is 2.27. The van der Waals surface area contributed by atoms with Crippen LogP contribution in [0, 0.1) is 0 Å². The van der Waals surface area contributed by atoms with Gasteiger partial charge in [0.05, 0.1) is 0 Å². The zero-order valence-electron chi connectivity index (χ0n) is 11.4. The third-order valence-electron chi connectivity index (χ3n) is 4.16. The van der Waals surface area contributed by atoms with E-state index >= 15 is 0 Å². The summed E-state index contributed by atoms with van der Waals surface area (Å²) in [5, 5.41) is 4.98. The van der Waals surface area contributed by atoms with E-state index in [1.54, 1.807) is 0 Å². The van der Waals surface area contributed by atoms with Crippen LogP contribution in [-0.4, -0.2) is 7.05 Å². The van der Waals surface area contributed by atoms with E-state index in [1.807, 2.05) is 25.2 Å². The molecule has 0 amide bonds. The normalized spacial score (nSPS) is 21.6. The van der Waals surface area contributed by atoms with Gasteiger partial charge in [0.2, 0.25) is 0 Å². The Kier molecular flexibility index (Phi) is 4.02. The third-order valence-corrected chi connectivity index (χ3v) is 4.65. The molecule has 0 spiro atoms. The minimum Gasteiger partial charge on any atom is -0.313 e. The summed E-state index contributed by atoms with van der Waals surface area (Å²) in [4.78, 5) is 0. The first-order chi connectivity index (χ1) is 9.69. The number of fused-ring (bicyclic) bond motifs is 1. The Labute approximate surface area is 129 Å². The second-order valence-corrected chi connectivity index (χ2v) is 6.17. The molecule has 1 aliphatic rings. The fraction of sp³-hybridized carbons (Fsp3) is 0.294. The van der Waals surface area contributed by atoms with Crippen molar-refractivity contribution in [2.24, 2.45) is 0 Å². The SMILES string of the molecule is CN[C@H]1CC[C@@H](c2ccc(Cl)cc2)c2ccc(Cl)cc21. The Morgan fingerprint density at radius 1 is 0.900 bits per heavy atom. The predicted octanol–water partition coefficient (Wildman–Crippen LogP) is 5.18. The van der Waals surface area contributed by atoms with Crippen LogP contribution in [0.15, 0.2) is 42.5 Å². The maximum absolute atomic E-state index is 6.17. The number of hydrogen-bond donors (Lipinski definition) is 1. The third kappa shape index (κ3) is 2.58. The van der Waals surface area contributed by atoms with Crippen LogP contribution in [0.5, 0.6) is 0 Å². The molecule has 3 rings (SSSR count). The zero-order valence-corrected chi connectivity index (χ0v) is 12.9. The van der Waals surface area contributed by atoms with Crippen LogP contribution < -0.4 is 5.32 Å². The molecule has 1 nitrogen and oxygen atoms in total. The molecule has 20 heavy (non-hydrogen) atoms. The highest BCUT2D eigenvalue weighted by molar-refractivity contribution is 6.30. The van der Waals surface area contributed by atoms with Gasteiger partial charge in [-0.25, -0.2) is 0 Å². The number of nitrogens with one attached hydrogen (secondary N) is 1. The molecule has 0 unspecified atom stereocenters. The average molecular weight is 306 g/mol. The molecule has 0 aromatic heterocycles. The van der Waals surface area contributed by atoms with E-state index in [1.165, 1.54) is 16.7 Å². The highest BCUT2D eigenvalue weighted by Crippen LogP contribution is 2.42. The van der Waals surface area contributed by atoms with Gasteiger partial charge in [0, 0.05) is 22.0 Å². The van der Waals surface area contributed by atoms with E-state index in [2.05, 4.69) is 29.6 Å². The number of rotatable bonds is 2. The van der Waals surface area contributed by atoms with Crippen LogP contribution in [0.25, 0.3) is 0 Å². The topological polar surface area (TPSA) is 12.0 Å². The number of benzene rings is 2. The van der Waals surface area contributed by atoms with Gasteiger partial charge in [-0.3, -0.25) is 0 Å². The van der Waals surface area contributed by atoms with E-state index in [0.717, 1.165) is 22.9 Å². The van der Waals surface area contributed by atoms with Crippen molar-refractivity contribution in [1.82, 2.24) is 5.32 Å². The van der Waals surface area contributed by atoms with E-state index in [0.29, 0.717) is 12.0 Å². The van der Waals surface area contributed by atoms with Crippen molar-refractivity contribution in [3.8, 4) is 0 Å². The van der Waals surface area contributed by atoms with Crippen LogP contribution >= 0.6 is 23.2 Å². The fourth-order valence-electron chi connectivity index (χ4n) is 3.15. The van der Waals surface area contributed by atoms with Crippen LogP contribution in [0.4, 0.5) is 0 Å². The lowest BCUT2D eigenvalue weighted by Gasteiger charge is -2.32. The smallest absolute Gasteiger partial charge is 0.0409 e. The van der Waals surface area contributed by atoms with E-state index < -0.39 is 0 Å². The molecule has 1 N–H and O–H groups in total. The second kappa shape index (κ2) is 5.77. The molecule has 2 aromatic carbocycles. The largest absolute Gasteiger partial charge is 0.313 e. The standard InChI is InChI=1S/C17H17Cl2N/c1-20-17-9-8-14(11-2-4-12(18)5-3-11)15-7-6-13(19)10-16(15)17/h2-7,10,14,17,20H,8-9H2,1H3/t14-,17-/m0/s1. The maximum Gasteiger partial charge on any atom is 0.0409 e. The molecule has 2 aromatic rings. The number of halogens is 2. The van der Waals surface area contributed by atoms with Gasteiger partial charge in [-0.05, 0) is 60.8 Å². The van der Waals surface area contributed by atoms with E-state index in [-0.39, 0.29) is 0 Å². The minimum absolute atomic E-state index is 0.396.